The van der Waals surface area contributed by atoms with Crippen LogP contribution in [0.3, 0.4) is 0 Å². The van der Waals surface area contributed by atoms with Crippen molar-refractivity contribution in [1.82, 2.24) is 20.0 Å². The lowest BCUT2D eigenvalue weighted by Gasteiger charge is -2.30. The lowest BCUT2D eigenvalue weighted by molar-refractivity contribution is 0.122. The zero-order valence-corrected chi connectivity index (χ0v) is 19.8. The number of fused-ring (bicyclic) bond motifs is 1. The fraction of sp³-hybridized carbons (Fsp3) is 0.320. The fourth-order valence-corrected chi connectivity index (χ4v) is 4.75. The Labute approximate surface area is 210 Å². The molecule has 1 unspecified atom stereocenters. The first kappa shape index (κ1) is 23.1. The van der Waals surface area contributed by atoms with Crippen molar-refractivity contribution in [2.45, 2.75) is 12.6 Å². The van der Waals surface area contributed by atoms with Crippen LogP contribution in [0.1, 0.15) is 17.4 Å². The van der Waals surface area contributed by atoms with E-state index in [0.29, 0.717) is 50.6 Å². The number of benzene rings is 1. The molecule has 37 heavy (non-hydrogen) atoms. The summed E-state index contributed by atoms with van der Waals surface area (Å²) in [7, 11) is 0. The number of allylic oxidation sites excluding steroid dienone is 1. The van der Waals surface area contributed by atoms with Crippen LogP contribution in [-0.2, 0) is 15.9 Å². The third-order valence-electron chi connectivity index (χ3n) is 6.66. The maximum Gasteiger partial charge on any atom is 0.414 e. The van der Waals surface area contributed by atoms with Gasteiger partial charge in [-0.1, -0.05) is 12.1 Å². The molecule has 1 atom stereocenters. The number of amides is 1. The van der Waals surface area contributed by atoms with Gasteiger partial charge >= 0.3 is 11.7 Å². The van der Waals surface area contributed by atoms with Gasteiger partial charge in [0.1, 0.15) is 24.3 Å². The normalized spacial score (nSPS) is 19.5. The number of aromatic nitrogens is 2. The Morgan fingerprint density at radius 3 is 2.62 bits per heavy atom. The van der Waals surface area contributed by atoms with Crippen molar-refractivity contribution in [2.24, 2.45) is 0 Å². The molecule has 3 aliphatic rings. The van der Waals surface area contributed by atoms with E-state index in [-0.39, 0.29) is 23.8 Å². The van der Waals surface area contributed by atoms with Crippen LogP contribution >= 0.6 is 0 Å². The monoisotopic (exact) mass is 508 g/mol. The average Bonchev–Trinajstić information content (AvgIpc) is 3.56. The van der Waals surface area contributed by atoms with Gasteiger partial charge in [0.15, 0.2) is 5.65 Å². The Hall–Kier alpha value is -4.32. The molecule has 0 bridgehead atoms. The molecule has 11 nitrogen and oxygen atoms in total. The number of morpholine rings is 1. The van der Waals surface area contributed by atoms with E-state index in [1.807, 2.05) is 6.07 Å². The highest BCUT2D eigenvalue weighted by atomic mass is 19.1. The van der Waals surface area contributed by atoms with E-state index < -0.39 is 23.6 Å². The maximum atomic E-state index is 13.4. The first-order chi connectivity index (χ1) is 18.0. The minimum Gasteiger partial charge on any atom is -0.502 e. The smallest absolute Gasteiger partial charge is 0.414 e. The van der Waals surface area contributed by atoms with Crippen molar-refractivity contribution in [3.05, 3.63) is 75.9 Å². The number of ether oxygens (including phenoxy) is 2. The minimum atomic E-state index is -0.676. The molecule has 2 aromatic heterocycles. The van der Waals surface area contributed by atoms with Gasteiger partial charge in [0.05, 0.1) is 31.1 Å². The number of aromatic hydroxyl groups is 1. The SMILES string of the molecule is O=C1OCCN1c1cc(N2CCOCC2)cn2c(=O)c(O)c(C3NC=C(Cc4ccc(F)cc4)N3)nc12. The summed E-state index contributed by atoms with van der Waals surface area (Å²) in [6.45, 7) is 2.88. The van der Waals surface area contributed by atoms with Gasteiger partial charge in [0.25, 0.3) is 0 Å². The molecule has 0 aliphatic carbocycles. The van der Waals surface area contributed by atoms with Crippen LogP contribution in [0.2, 0.25) is 0 Å². The van der Waals surface area contributed by atoms with Crippen LogP contribution in [0.25, 0.3) is 5.65 Å². The summed E-state index contributed by atoms with van der Waals surface area (Å²) in [5, 5.41) is 17.2. The molecular formula is C25H25FN6O5. The number of anilines is 2. The van der Waals surface area contributed by atoms with Crippen molar-refractivity contribution in [3.8, 4) is 5.75 Å². The number of cyclic esters (lactones) is 1. The predicted octanol–water partition coefficient (Wildman–Crippen LogP) is 1.61. The zero-order valence-electron chi connectivity index (χ0n) is 19.8. The van der Waals surface area contributed by atoms with E-state index in [1.165, 1.54) is 21.4 Å². The number of nitrogens with one attached hydrogen (secondary N) is 2. The predicted molar refractivity (Wildman–Crippen MR) is 132 cm³/mol. The van der Waals surface area contributed by atoms with Gasteiger partial charge in [-0.05, 0) is 23.8 Å². The van der Waals surface area contributed by atoms with Crippen LogP contribution in [0.4, 0.5) is 20.6 Å². The number of carbonyl (C=O) groups is 1. The Morgan fingerprint density at radius 1 is 1.11 bits per heavy atom. The Balaban J connectivity index is 1.38. The van der Waals surface area contributed by atoms with E-state index in [1.54, 1.807) is 24.5 Å². The molecule has 0 spiro atoms. The van der Waals surface area contributed by atoms with Crippen molar-refractivity contribution in [1.29, 1.82) is 0 Å². The number of hydrogen-bond donors (Lipinski definition) is 3. The molecule has 5 heterocycles. The number of nitrogens with zero attached hydrogens (tertiary/aromatic N) is 4. The molecular weight excluding hydrogens is 483 g/mol. The fourth-order valence-electron chi connectivity index (χ4n) is 4.75. The van der Waals surface area contributed by atoms with Gasteiger partial charge < -0.3 is 30.1 Å². The molecule has 3 N–H and O–H groups in total. The summed E-state index contributed by atoms with van der Waals surface area (Å²) >= 11 is 0. The number of hydrogen-bond acceptors (Lipinski definition) is 9. The third-order valence-corrected chi connectivity index (χ3v) is 6.66. The maximum absolute atomic E-state index is 13.4. The summed E-state index contributed by atoms with van der Waals surface area (Å²) in [6.07, 6.45) is 2.65. The van der Waals surface area contributed by atoms with E-state index in [9.17, 15) is 19.1 Å². The van der Waals surface area contributed by atoms with Gasteiger partial charge in [-0.3, -0.25) is 14.1 Å². The molecule has 2 saturated heterocycles. The quantitative estimate of drug-likeness (QED) is 0.472. The van der Waals surface area contributed by atoms with Crippen LogP contribution in [0.5, 0.6) is 5.75 Å². The van der Waals surface area contributed by atoms with Gasteiger partial charge in [0, 0.05) is 37.6 Å². The molecule has 3 aromatic rings. The Morgan fingerprint density at radius 2 is 1.89 bits per heavy atom. The second-order valence-electron chi connectivity index (χ2n) is 9.01. The topological polar surface area (TPSA) is 121 Å². The number of halogens is 1. The van der Waals surface area contributed by atoms with Crippen molar-refractivity contribution >= 4 is 23.1 Å². The molecule has 192 valence electrons. The minimum absolute atomic E-state index is 0.100. The molecule has 1 aromatic carbocycles. The zero-order chi connectivity index (χ0) is 25.5. The van der Waals surface area contributed by atoms with Gasteiger partial charge in [0.2, 0.25) is 5.75 Å². The summed E-state index contributed by atoms with van der Waals surface area (Å²) < 4.78 is 25.1. The van der Waals surface area contributed by atoms with Crippen LogP contribution in [0, 0.1) is 5.82 Å². The molecule has 0 saturated carbocycles. The highest BCUT2D eigenvalue weighted by Gasteiger charge is 2.30. The third kappa shape index (κ3) is 4.29. The van der Waals surface area contributed by atoms with Gasteiger partial charge in [-0.15, -0.1) is 0 Å². The van der Waals surface area contributed by atoms with Crippen molar-refractivity contribution in [2.75, 3.05) is 49.3 Å². The highest BCUT2D eigenvalue weighted by molar-refractivity contribution is 5.94. The molecule has 1 amide bonds. The Kier molecular flexibility index (Phi) is 5.80. The average molecular weight is 509 g/mol. The first-order valence-electron chi connectivity index (χ1n) is 12.0. The highest BCUT2D eigenvalue weighted by Crippen LogP contribution is 2.31. The van der Waals surface area contributed by atoms with Gasteiger partial charge in [-0.25, -0.2) is 14.2 Å². The molecule has 0 radical (unpaired) electrons. The van der Waals surface area contributed by atoms with E-state index in [0.717, 1.165) is 11.3 Å². The van der Waals surface area contributed by atoms with Crippen LogP contribution in [-0.4, -0.2) is 60.0 Å². The summed E-state index contributed by atoms with van der Waals surface area (Å²) in [6, 6.07) is 7.98. The lowest BCUT2D eigenvalue weighted by atomic mass is 10.1. The Bertz CT molecular complexity index is 1450. The van der Waals surface area contributed by atoms with Crippen molar-refractivity contribution in [3.63, 3.8) is 0 Å². The molecule has 6 rings (SSSR count). The molecule has 2 fully saturated rings. The summed E-state index contributed by atoms with van der Waals surface area (Å²) in [5.74, 6) is -0.818. The van der Waals surface area contributed by atoms with E-state index in [4.69, 9.17) is 9.47 Å². The van der Waals surface area contributed by atoms with Crippen LogP contribution in [0.15, 0.2) is 53.2 Å². The van der Waals surface area contributed by atoms with E-state index in [2.05, 4.69) is 20.5 Å². The lowest BCUT2D eigenvalue weighted by Crippen LogP contribution is -2.37. The number of carbonyl (C=O) groups excluding carboxylic acids is 1. The second-order valence-corrected chi connectivity index (χ2v) is 9.01. The van der Waals surface area contributed by atoms with Crippen LogP contribution < -0.4 is 26.0 Å². The van der Waals surface area contributed by atoms with Crippen molar-refractivity contribution < 1.29 is 23.8 Å². The summed E-state index contributed by atoms with van der Waals surface area (Å²) in [4.78, 5) is 34.0. The molecule has 12 heteroatoms. The summed E-state index contributed by atoms with van der Waals surface area (Å²) in [5.41, 5.74) is 2.48. The number of rotatable bonds is 5. The van der Waals surface area contributed by atoms with E-state index >= 15 is 0 Å². The standard InChI is InChI=1S/C25H25FN6O5/c26-16-3-1-15(2-4-16)11-17-13-27-22(28-17)20-21(33)24(34)32-14-18(30-5-8-36-9-6-30)12-19(23(32)29-20)31-7-10-37-25(31)35/h1-4,12-14,22,27-28,33H,5-11H2. The largest absolute Gasteiger partial charge is 0.502 e. The number of pyridine rings is 1. The van der Waals surface area contributed by atoms with Gasteiger partial charge in [-0.2, -0.15) is 0 Å². The first-order valence-corrected chi connectivity index (χ1v) is 12.0. The molecule has 3 aliphatic heterocycles. The second kappa shape index (κ2) is 9.28.